The van der Waals surface area contributed by atoms with Gasteiger partial charge in [0.1, 0.15) is 5.75 Å². The molecule has 0 amide bonds. The molecule has 0 saturated heterocycles. The summed E-state index contributed by atoms with van der Waals surface area (Å²) in [6, 6.07) is 8.92. The van der Waals surface area contributed by atoms with E-state index in [1.165, 1.54) is 6.92 Å². The van der Waals surface area contributed by atoms with Crippen LogP contribution >= 0.6 is 0 Å². The normalized spacial score (nSPS) is 10.2. The van der Waals surface area contributed by atoms with Gasteiger partial charge >= 0.3 is 0 Å². The molecule has 2 aromatic heterocycles. The molecule has 0 atom stereocenters. The molecule has 0 saturated carbocycles. The van der Waals surface area contributed by atoms with Crippen molar-refractivity contribution in [2.75, 3.05) is 6.67 Å². The number of aromatic hydroxyl groups is 1. The molecule has 1 aromatic carbocycles. The Morgan fingerprint density at radius 2 is 1.80 bits per heavy atom. The van der Waals surface area contributed by atoms with Gasteiger partial charge in [0.15, 0.2) is 0 Å². The molecule has 3 rings (SSSR count). The Labute approximate surface area is 116 Å². The van der Waals surface area contributed by atoms with Crippen molar-refractivity contribution in [1.29, 1.82) is 0 Å². The zero-order valence-electron chi connectivity index (χ0n) is 11.4. The van der Waals surface area contributed by atoms with Crippen molar-refractivity contribution in [1.82, 2.24) is 14.4 Å². The van der Waals surface area contributed by atoms with Gasteiger partial charge in [-0.25, -0.2) is 9.97 Å². The van der Waals surface area contributed by atoms with Gasteiger partial charge in [-0.15, -0.1) is 0 Å². The standard InChI is InChI=1S/C13H11N3O.C2H5F/c1-9-6-7-16-8-12(15-13(16)14-9)10-2-4-11(17)5-3-10;1-2-3/h2-8,17H,1H3;2H2,1H3. The fraction of sp³-hybridized carbons (Fsp3) is 0.200. The maximum atomic E-state index is 10.3. The van der Waals surface area contributed by atoms with Crippen LogP contribution in [0.4, 0.5) is 4.39 Å². The quantitative estimate of drug-likeness (QED) is 0.739. The van der Waals surface area contributed by atoms with Gasteiger partial charge in [-0.3, -0.25) is 8.79 Å². The van der Waals surface area contributed by atoms with Crippen LogP contribution in [0.5, 0.6) is 5.75 Å². The zero-order valence-corrected chi connectivity index (χ0v) is 11.4. The predicted octanol–water partition coefficient (Wildman–Crippen LogP) is 3.39. The Hall–Kier alpha value is -2.43. The first-order chi connectivity index (χ1) is 9.63. The summed E-state index contributed by atoms with van der Waals surface area (Å²) in [6.07, 6.45) is 3.86. The molecule has 104 valence electrons. The number of phenolic OH excluding ortho intramolecular Hbond substituents is 1. The number of halogens is 1. The number of imidazole rings is 1. The summed E-state index contributed by atoms with van der Waals surface area (Å²) in [5.74, 6) is 0.944. The smallest absolute Gasteiger partial charge is 0.234 e. The zero-order chi connectivity index (χ0) is 14.5. The van der Waals surface area contributed by atoms with Gasteiger partial charge in [0.05, 0.1) is 12.4 Å². The Morgan fingerprint density at radius 3 is 2.45 bits per heavy atom. The van der Waals surface area contributed by atoms with Crippen LogP contribution in [0.3, 0.4) is 0 Å². The number of benzene rings is 1. The summed E-state index contributed by atoms with van der Waals surface area (Å²) < 4.78 is 12.2. The largest absolute Gasteiger partial charge is 0.508 e. The van der Waals surface area contributed by atoms with Crippen LogP contribution in [0.25, 0.3) is 17.0 Å². The summed E-state index contributed by atoms with van der Waals surface area (Å²) >= 11 is 0. The van der Waals surface area contributed by atoms with Gasteiger partial charge in [-0.1, -0.05) is 0 Å². The molecule has 5 heteroatoms. The third kappa shape index (κ3) is 3.12. The summed E-state index contributed by atoms with van der Waals surface area (Å²) in [7, 11) is 0. The van der Waals surface area contributed by atoms with Crippen molar-refractivity contribution in [3.05, 3.63) is 48.4 Å². The van der Waals surface area contributed by atoms with Crippen molar-refractivity contribution in [2.45, 2.75) is 13.8 Å². The minimum absolute atomic E-state index is 0.250. The molecular formula is C15H16FN3O. The van der Waals surface area contributed by atoms with Crippen LogP contribution in [0.2, 0.25) is 0 Å². The number of hydrogen-bond acceptors (Lipinski definition) is 3. The highest BCUT2D eigenvalue weighted by Gasteiger charge is 2.05. The van der Waals surface area contributed by atoms with E-state index in [9.17, 15) is 9.50 Å². The van der Waals surface area contributed by atoms with Crippen LogP contribution in [0.1, 0.15) is 12.6 Å². The van der Waals surface area contributed by atoms with E-state index in [0.29, 0.717) is 5.78 Å². The molecule has 0 fully saturated rings. The molecule has 0 aliphatic rings. The Morgan fingerprint density at radius 1 is 1.15 bits per heavy atom. The second-order valence-corrected chi connectivity index (χ2v) is 4.22. The first kappa shape index (κ1) is 14.0. The highest BCUT2D eigenvalue weighted by Crippen LogP contribution is 2.21. The Balaban J connectivity index is 0.000000452. The van der Waals surface area contributed by atoms with Crippen LogP contribution in [0, 0.1) is 6.92 Å². The molecule has 0 bridgehead atoms. The topological polar surface area (TPSA) is 50.4 Å². The number of hydrogen-bond donors (Lipinski definition) is 1. The fourth-order valence-corrected chi connectivity index (χ4v) is 1.73. The molecule has 4 nitrogen and oxygen atoms in total. The van der Waals surface area contributed by atoms with Crippen LogP contribution in [-0.2, 0) is 0 Å². The van der Waals surface area contributed by atoms with E-state index in [1.54, 1.807) is 12.1 Å². The first-order valence-corrected chi connectivity index (χ1v) is 6.31. The summed E-state index contributed by atoms with van der Waals surface area (Å²) in [4.78, 5) is 8.79. The number of rotatable bonds is 1. The highest BCUT2D eigenvalue weighted by molar-refractivity contribution is 5.62. The lowest BCUT2D eigenvalue weighted by Gasteiger charge is -1.95. The maximum absolute atomic E-state index is 10.3. The molecule has 0 unspecified atom stereocenters. The van der Waals surface area contributed by atoms with Crippen LogP contribution in [-0.4, -0.2) is 26.1 Å². The van der Waals surface area contributed by atoms with E-state index < -0.39 is 0 Å². The Kier molecular flexibility index (Phi) is 4.30. The molecule has 0 spiro atoms. The van der Waals surface area contributed by atoms with E-state index in [0.717, 1.165) is 17.0 Å². The van der Waals surface area contributed by atoms with E-state index >= 15 is 0 Å². The monoisotopic (exact) mass is 273 g/mol. The van der Waals surface area contributed by atoms with Crippen molar-refractivity contribution in [3.63, 3.8) is 0 Å². The van der Waals surface area contributed by atoms with Crippen LogP contribution in [0.15, 0.2) is 42.7 Å². The second kappa shape index (κ2) is 6.14. The van der Waals surface area contributed by atoms with Crippen molar-refractivity contribution < 1.29 is 9.50 Å². The highest BCUT2D eigenvalue weighted by atomic mass is 19.1. The van der Waals surface area contributed by atoms with Crippen molar-refractivity contribution in [3.8, 4) is 17.0 Å². The summed E-state index contributed by atoms with van der Waals surface area (Å²) in [5, 5.41) is 9.24. The van der Waals surface area contributed by atoms with Gasteiger partial charge in [0.25, 0.3) is 0 Å². The molecule has 3 aromatic rings. The third-order valence-corrected chi connectivity index (χ3v) is 2.63. The fourth-order valence-electron chi connectivity index (χ4n) is 1.73. The molecule has 0 aliphatic carbocycles. The third-order valence-electron chi connectivity index (χ3n) is 2.63. The molecule has 20 heavy (non-hydrogen) atoms. The van der Waals surface area contributed by atoms with Crippen LogP contribution < -0.4 is 0 Å². The summed E-state index contributed by atoms with van der Waals surface area (Å²) in [6.45, 7) is 3.15. The SMILES string of the molecule is CCF.Cc1ccn2cc(-c3ccc(O)cc3)nc2n1. The lowest BCUT2D eigenvalue weighted by molar-refractivity contribution is 0.475. The average molecular weight is 273 g/mol. The number of nitrogens with zero attached hydrogens (tertiary/aromatic N) is 3. The molecular weight excluding hydrogens is 257 g/mol. The lowest BCUT2D eigenvalue weighted by atomic mass is 10.2. The van der Waals surface area contributed by atoms with E-state index in [4.69, 9.17) is 0 Å². The average Bonchev–Trinajstić information content (AvgIpc) is 2.83. The van der Waals surface area contributed by atoms with E-state index in [-0.39, 0.29) is 12.4 Å². The van der Waals surface area contributed by atoms with Gasteiger partial charge in [-0.2, -0.15) is 0 Å². The van der Waals surface area contributed by atoms with Crippen molar-refractivity contribution >= 4 is 5.78 Å². The van der Waals surface area contributed by atoms with E-state index in [1.807, 2.05) is 41.9 Å². The van der Waals surface area contributed by atoms with Crippen molar-refractivity contribution in [2.24, 2.45) is 0 Å². The van der Waals surface area contributed by atoms with Gasteiger partial charge in [0, 0.05) is 23.7 Å². The lowest BCUT2D eigenvalue weighted by Crippen LogP contribution is -1.88. The summed E-state index contributed by atoms with van der Waals surface area (Å²) in [5.41, 5.74) is 2.76. The van der Waals surface area contributed by atoms with Gasteiger partial charge < -0.3 is 5.11 Å². The number of aryl methyl sites for hydroxylation is 1. The number of phenols is 1. The van der Waals surface area contributed by atoms with Gasteiger partial charge in [-0.05, 0) is 44.2 Å². The minimum Gasteiger partial charge on any atom is -0.508 e. The molecule has 0 radical (unpaired) electrons. The van der Waals surface area contributed by atoms with E-state index in [2.05, 4.69) is 9.97 Å². The number of alkyl halides is 1. The van der Waals surface area contributed by atoms with Gasteiger partial charge in [0.2, 0.25) is 5.78 Å². The molecule has 1 N–H and O–H groups in total. The minimum atomic E-state index is -0.250. The maximum Gasteiger partial charge on any atom is 0.234 e. The Bertz CT molecular complexity index is 692. The first-order valence-electron chi connectivity index (χ1n) is 6.31. The molecule has 0 aliphatic heterocycles. The number of aromatic nitrogens is 3. The molecule has 2 heterocycles. The number of fused-ring (bicyclic) bond motifs is 1. The second-order valence-electron chi connectivity index (χ2n) is 4.22. The predicted molar refractivity (Wildman–Crippen MR) is 76.5 cm³/mol.